The van der Waals surface area contributed by atoms with E-state index in [0.717, 1.165) is 0 Å². The van der Waals surface area contributed by atoms with Gasteiger partial charge in [-0.2, -0.15) is 0 Å². The van der Waals surface area contributed by atoms with Gasteiger partial charge >= 0.3 is 6.09 Å². The van der Waals surface area contributed by atoms with Crippen molar-refractivity contribution in [2.24, 2.45) is 0 Å². The van der Waals surface area contributed by atoms with E-state index in [1.54, 1.807) is 12.1 Å². The highest BCUT2D eigenvalue weighted by Crippen LogP contribution is 2.34. The third kappa shape index (κ3) is 3.54. The van der Waals surface area contributed by atoms with Crippen LogP contribution < -0.4 is 0 Å². The zero-order chi connectivity index (χ0) is 15.7. The van der Waals surface area contributed by atoms with Gasteiger partial charge in [-0.1, -0.05) is 24.3 Å². The topological polar surface area (TPSA) is 70.0 Å². The molecule has 0 aromatic heterocycles. The Kier molecular flexibility index (Phi) is 4.25. The second-order valence-electron chi connectivity index (χ2n) is 6.50. The van der Waals surface area contributed by atoms with Crippen LogP contribution in [0.4, 0.5) is 4.79 Å². The van der Waals surface area contributed by atoms with E-state index in [0.29, 0.717) is 24.1 Å². The maximum Gasteiger partial charge on any atom is 0.410 e. The lowest BCUT2D eigenvalue weighted by molar-refractivity contribution is 0.0134. The number of nitrogens with zero attached hydrogens (tertiary/aromatic N) is 1. The van der Waals surface area contributed by atoms with Gasteiger partial charge in [0.15, 0.2) is 0 Å². The molecule has 5 heteroatoms. The Bertz CT molecular complexity index is 523. The summed E-state index contributed by atoms with van der Waals surface area (Å²) < 4.78 is 5.33. The van der Waals surface area contributed by atoms with Gasteiger partial charge in [0.2, 0.25) is 0 Å². The number of hydrogen-bond donors (Lipinski definition) is 2. The molecule has 1 heterocycles. The molecule has 0 aliphatic carbocycles. The number of carbonyl (C=O) groups is 1. The summed E-state index contributed by atoms with van der Waals surface area (Å²) in [5.41, 5.74) is -0.318. The summed E-state index contributed by atoms with van der Waals surface area (Å²) in [6, 6.07) is 7.22. The van der Waals surface area contributed by atoms with Crippen LogP contribution in [0.2, 0.25) is 0 Å². The molecule has 1 aromatic rings. The van der Waals surface area contributed by atoms with Gasteiger partial charge in [0.1, 0.15) is 11.2 Å². The van der Waals surface area contributed by atoms with Gasteiger partial charge in [-0.05, 0) is 38.3 Å². The van der Waals surface area contributed by atoms with Crippen LogP contribution in [0.3, 0.4) is 0 Å². The first-order valence-electron chi connectivity index (χ1n) is 7.15. The Labute approximate surface area is 125 Å². The highest BCUT2D eigenvalue weighted by atomic mass is 16.6. The van der Waals surface area contributed by atoms with Gasteiger partial charge in [0.25, 0.3) is 0 Å². The first-order chi connectivity index (χ1) is 9.75. The van der Waals surface area contributed by atoms with Crippen molar-refractivity contribution in [3.05, 3.63) is 35.4 Å². The molecule has 116 valence electrons. The molecule has 2 rings (SSSR count). The largest absolute Gasteiger partial charge is 0.444 e. The monoisotopic (exact) mass is 293 g/mol. The zero-order valence-corrected chi connectivity index (χ0v) is 12.8. The number of rotatable bonds is 2. The number of hydrogen-bond acceptors (Lipinski definition) is 4. The van der Waals surface area contributed by atoms with Gasteiger partial charge in [-0.25, -0.2) is 4.79 Å². The Morgan fingerprint density at radius 2 is 2.05 bits per heavy atom. The molecule has 2 N–H and O–H groups in total. The molecule has 1 aliphatic rings. The van der Waals surface area contributed by atoms with E-state index in [2.05, 4.69) is 0 Å². The third-order valence-corrected chi connectivity index (χ3v) is 3.59. The molecule has 1 aromatic carbocycles. The summed E-state index contributed by atoms with van der Waals surface area (Å²) in [7, 11) is 0. The molecular formula is C16H23NO4. The SMILES string of the molecule is CC(C)(C)OC(=O)N1CC[C@@](O)(c2ccccc2CO)C1. The van der Waals surface area contributed by atoms with Gasteiger partial charge in [-0.15, -0.1) is 0 Å². The predicted molar refractivity (Wildman–Crippen MR) is 78.7 cm³/mol. The molecule has 1 saturated heterocycles. The molecule has 0 unspecified atom stereocenters. The number of β-amino-alcohol motifs (C(OH)–C–C–N with tert-alkyl or cyclic N) is 1. The third-order valence-electron chi connectivity index (χ3n) is 3.59. The molecule has 5 nitrogen and oxygen atoms in total. The minimum absolute atomic E-state index is 0.134. The summed E-state index contributed by atoms with van der Waals surface area (Å²) in [4.78, 5) is 13.6. The van der Waals surface area contributed by atoms with E-state index in [1.807, 2.05) is 32.9 Å². The molecular weight excluding hydrogens is 270 g/mol. The number of likely N-dealkylation sites (tertiary alicyclic amines) is 1. The van der Waals surface area contributed by atoms with E-state index < -0.39 is 17.3 Å². The highest BCUT2D eigenvalue weighted by molar-refractivity contribution is 5.68. The minimum Gasteiger partial charge on any atom is -0.444 e. The maximum absolute atomic E-state index is 12.1. The van der Waals surface area contributed by atoms with E-state index in [9.17, 15) is 15.0 Å². The van der Waals surface area contributed by atoms with Gasteiger partial charge < -0.3 is 19.8 Å². The van der Waals surface area contributed by atoms with Crippen molar-refractivity contribution >= 4 is 6.09 Å². The Morgan fingerprint density at radius 1 is 1.38 bits per heavy atom. The second-order valence-corrected chi connectivity index (χ2v) is 6.50. The minimum atomic E-state index is -1.13. The number of ether oxygens (including phenoxy) is 1. The predicted octanol–water partition coefficient (Wildman–Crippen LogP) is 2.01. The van der Waals surface area contributed by atoms with Gasteiger partial charge in [0.05, 0.1) is 13.2 Å². The van der Waals surface area contributed by atoms with Crippen molar-refractivity contribution < 1.29 is 19.7 Å². The molecule has 1 fully saturated rings. The van der Waals surface area contributed by atoms with Crippen LogP contribution in [0.5, 0.6) is 0 Å². The molecule has 1 aliphatic heterocycles. The fraction of sp³-hybridized carbons (Fsp3) is 0.562. The smallest absolute Gasteiger partial charge is 0.410 e. The highest BCUT2D eigenvalue weighted by Gasteiger charge is 2.41. The molecule has 0 radical (unpaired) electrons. The second kappa shape index (κ2) is 5.66. The fourth-order valence-electron chi connectivity index (χ4n) is 2.61. The fourth-order valence-corrected chi connectivity index (χ4v) is 2.61. The number of benzene rings is 1. The summed E-state index contributed by atoms with van der Waals surface area (Å²) in [6.07, 6.45) is 0.0170. The molecule has 0 spiro atoms. The van der Waals surface area contributed by atoms with Crippen LogP contribution in [0.1, 0.15) is 38.3 Å². The average Bonchev–Trinajstić information content (AvgIpc) is 2.81. The van der Waals surface area contributed by atoms with Gasteiger partial charge in [-0.3, -0.25) is 0 Å². The molecule has 0 saturated carbocycles. The molecule has 0 bridgehead atoms. The Balaban J connectivity index is 2.15. The normalized spacial score (nSPS) is 22.4. The maximum atomic E-state index is 12.1. The lowest BCUT2D eigenvalue weighted by Crippen LogP contribution is -2.38. The number of amides is 1. The van der Waals surface area contributed by atoms with Crippen molar-refractivity contribution in [3.8, 4) is 0 Å². The van der Waals surface area contributed by atoms with Crippen LogP contribution in [0, 0.1) is 0 Å². The van der Waals surface area contributed by atoms with Crippen LogP contribution in [0.15, 0.2) is 24.3 Å². The average molecular weight is 293 g/mol. The van der Waals surface area contributed by atoms with E-state index in [4.69, 9.17) is 4.74 Å². The molecule has 1 amide bonds. The summed E-state index contributed by atoms with van der Waals surface area (Å²) in [5.74, 6) is 0. The zero-order valence-electron chi connectivity index (χ0n) is 12.8. The van der Waals surface area contributed by atoms with Crippen molar-refractivity contribution in [1.82, 2.24) is 4.90 Å². The molecule has 21 heavy (non-hydrogen) atoms. The quantitative estimate of drug-likeness (QED) is 0.875. The number of aliphatic hydroxyl groups excluding tert-OH is 1. The van der Waals surface area contributed by atoms with Crippen molar-refractivity contribution in [2.75, 3.05) is 13.1 Å². The van der Waals surface area contributed by atoms with Crippen LogP contribution >= 0.6 is 0 Å². The van der Waals surface area contributed by atoms with Crippen molar-refractivity contribution in [1.29, 1.82) is 0 Å². The summed E-state index contributed by atoms with van der Waals surface area (Å²) in [5, 5.41) is 20.2. The van der Waals surface area contributed by atoms with Crippen LogP contribution in [0.25, 0.3) is 0 Å². The van der Waals surface area contributed by atoms with E-state index in [1.165, 1.54) is 4.90 Å². The van der Waals surface area contributed by atoms with Crippen molar-refractivity contribution in [2.45, 2.75) is 45.0 Å². The van der Waals surface area contributed by atoms with Gasteiger partial charge in [0, 0.05) is 6.54 Å². The molecule has 1 atom stereocenters. The number of carbonyl (C=O) groups excluding carboxylic acids is 1. The Hall–Kier alpha value is -1.59. The first kappa shape index (κ1) is 15.8. The van der Waals surface area contributed by atoms with Crippen LogP contribution in [-0.4, -0.2) is 39.9 Å². The number of aliphatic hydroxyl groups is 2. The lowest BCUT2D eigenvalue weighted by atomic mass is 9.89. The van der Waals surface area contributed by atoms with Crippen LogP contribution in [-0.2, 0) is 16.9 Å². The summed E-state index contributed by atoms with van der Waals surface area (Å²) >= 11 is 0. The van der Waals surface area contributed by atoms with E-state index >= 15 is 0 Å². The van der Waals surface area contributed by atoms with E-state index in [-0.39, 0.29) is 13.2 Å². The standard InChI is InChI=1S/C16H23NO4/c1-15(2,3)21-14(19)17-9-8-16(20,11-17)13-7-5-4-6-12(13)10-18/h4-7,18,20H,8-11H2,1-3H3/t16-/m0/s1. The van der Waals surface area contributed by atoms with Crippen molar-refractivity contribution in [3.63, 3.8) is 0 Å². The first-order valence-corrected chi connectivity index (χ1v) is 7.15. The Morgan fingerprint density at radius 3 is 2.67 bits per heavy atom. The lowest BCUT2D eigenvalue weighted by Gasteiger charge is -2.27. The summed E-state index contributed by atoms with van der Waals surface area (Å²) in [6.45, 7) is 5.92.